The van der Waals surface area contributed by atoms with Crippen LogP contribution in [0.2, 0.25) is 5.15 Å². The lowest BCUT2D eigenvalue weighted by Gasteiger charge is -2.34. The van der Waals surface area contributed by atoms with E-state index in [1.165, 1.54) is 0 Å². The molecule has 4 N–H and O–H groups in total. The number of rotatable bonds is 10. The summed E-state index contributed by atoms with van der Waals surface area (Å²) >= 11 is 7.40. The van der Waals surface area contributed by atoms with E-state index in [4.69, 9.17) is 17.3 Å². The number of hydrogen-bond acceptors (Lipinski definition) is 7. The third kappa shape index (κ3) is 8.58. The number of nitrogens with zero attached hydrogens (tertiary/aromatic N) is 3. The topological polar surface area (TPSA) is 86.5 Å². The Kier molecular flexibility index (Phi) is 10.1. The molecule has 0 aliphatic carbocycles. The zero-order valence-electron chi connectivity index (χ0n) is 21.2. The van der Waals surface area contributed by atoms with Gasteiger partial charge in [0.1, 0.15) is 11.0 Å². The quantitative estimate of drug-likeness (QED) is 0.172. The number of hydrogen-bond donors (Lipinski definition) is 3. The van der Waals surface area contributed by atoms with Crippen molar-refractivity contribution >= 4 is 41.0 Å². The Labute approximate surface area is 235 Å². The lowest BCUT2D eigenvalue weighted by atomic mass is 10.1. The fourth-order valence-electron chi connectivity index (χ4n) is 4.05. The fraction of sp³-hybridized carbons (Fsp3) is 0.333. The van der Waals surface area contributed by atoms with Crippen molar-refractivity contribution in [3.8, 4) is 0 Å². The van der Waals surface area contributed by atoms with Crippen molar-refractivity contribution in [2.24, 2.45) is 5.73 Å². The molecule has 0 spiro atoms. The number of carbonyl (C=O) groups is 1. The lowest BCUT2D eigenvalue weighted by molar-refractivity contribution is -0.137. The van der Waals surface area contributed by atoms with Crippen LogP contribution in [-0.4, -0.2) is 54.5 Å². The van der Waals surface area contributed by atoms with Gasteiger partial charge in [0.05, 0.1) is 5.56 Å². The number of piperazine rings is 1. The van der Waals surface area contributed by atoms with Crippen molar-refractivity contribution in [3.05, 3.63) is 82.5 Å². The molecule has 3 aromatic rings. The zero-order chi connectivity index (χ0) is 27.8. The molecule has 0 saturated carbocycles. The third-order valence-electron chi connectivity index (χ3n) is 6.09. The molecule has 0 radical (unpaired) electrons. The highest BCUT2D eigenvalue weighted by Gasteiger charge is 2.32. The second kappa shape index (κ2) is 13.5. The highest BCUT2D eigenvalue weighted by atomic mass is 35.5. The summed E-state index contributed by atoms with van der Waals surface area (Å²) in [6.45, 7) is 4.45. The first-order chi connectivity index (χ1) is 18.7. The van der Waals surface area contributed by atoms with Gasteiger partial charge in [0.15, 0.2) is 0 Å². The van der Waals surface area contributed by atoms with Gasteiger partial charge in [-0.25, -0.2) is 9.29 Å². The van der Waals surface area contributed by atoms with Gasteiger partial charge < -0.3 is 21.3 Å². The van der Waals surface area contributed by atoms with Gasteiger partial charge >= 0.3 is 6.18 Å². The molecule has 4 rings (SSSR count). The second-order valence-corrected chi connectivity index (χ2v) is 10.6. The summed E-state index contributed by atoms with van der Waals surface area (Å²) in [6.07, 6.45) is -3.58. The minimum atomic E-state index is -4.48. The highest BCUT2D eigenvalue weighted by molar-refractivity contribution is 7.97. The SMILES string of the molecule is NCCCNCc1cccc(C(=O)Nc2ccc(SN3CCN(c4cc(C(F)(F)F)cc(Cl)n4)CC3)cc2)c1. The zero-order valence-corrected chi connectivity index (χ0v) is 22.8. The summed E-state index contributed by atoms with van der Waals surface area (Å²) in [5, 5.41) is 6.07. The molecule has 2 aromatic carbocycles. The first-order valence-electron chi connectivity index (χ1n) is 12.5. The Morgan fingerprint density at radius 2 is 1.79 bits per heavy atom. The van der Waals surface area contributed by atoms with E-state index >= 15 is 0 Å². The summed E-state index contributed by atoms with van der Waals surface area (Å²) in [7, 11) is 0. The molecule has 39 heavy (non-hydrogen) atoms. The number of pyridine rings is 1. The summed E-state index contributed by atoms with van der Waals surface area (Å²) in [5.41, 5.74) is 7.01. The van der Waals surface area contributed by atoms with E-state index < -0.39 is 11.7 Å². The molecule has 2 heterocycles. The van der Waals surface area contributed by atoms with E-state index in [1.807, 2.05) is 47.4 Å². The number of alkyl halides is 3. The van der Waals surface area contributed by atoms with Crippen LogP contribution in [0.3, 0.4) is 0 Å². The lowest BCUT2D eigenvalue weighted by Crippen LogP contribution is -2.43. The maximum Gasteiger partial charge on any atom is 0.416 e. The molecule has 0 atom stereocenters. The standard InChI is InChI=1S/C27H30ClF3N6OS/c28-24-16-21(27(29,30)31)17-25(35-24)36-11-13-37(14-12-36)39-23-7-5-22(6-8-23)34-26(38)20-4-1-3-19(15-20)18-33-10-2-9-32/h1,3-8,15-17,33H,2,9-14,18,32H2,(H,34,38). The average molecular weight is 579 g/mol. The predicted octanol–water partition coefficient (Wildman–Crippen LogP) is 5.27. The van der Waals surface area contributed by atoms with Crippen molar-refractivity contribution < 1.29 is 18.0 Å². The Balaban J connectivity index is 1.27. The summed E-state index contributed by atoms with van der Waals surface area (Å²) in [6, 6.07) is 16.9. The van der Waals surface area contributed by atoms with Crippen LogP contribution in [0.15, 0.2) is 65.6 Å². The minimum Gasteiger partial charge on any atom is -0.354 e. The van der Waals surface area contributed by atoms with E-state index in [2.05, 4.69) is 19.9 Å². The van der Waals surface area contributed by atoms with E-state index in [-0.39, 0.29) is 16.9 Å². The fourth-order valence-corrected chi connectivity index (χ4v) is 5.16. The molecule has 0 bridgehead atoms. The number of carbonyl (C=O) groups excluding carboxylic acids is 1. The normalized spacial score (nSPS) is 14.4. The number of nitrogens with one attached hydrogen (secondary N) is 2. The number of nitrogens with two attached hydrogens (primary N) is 1. The van der Waals surface area contributed by atoms with Crippen LogP contribution in [0.25, 0.3) is 0 Å². The van der Waals surface area contributed by atoms with Crippen LogP contribution >= 0.6 is 23.5 Å². The first kappa shape index (κ1) is 29.2. The molecule has 1 aliphatic heterocycles. The number of aromatic nitrogens is 1. The van der Waals surface area contributed by atoms with Crippen LogP contribution in [0.1, 0.15) is 27.9 Å². The summed E-state index contributed by atoms with van der Waals surface area (Å²) < 4.78 is 41.6. The molecule has 1 aromatic heterocycles. The molecule has 1 fully saturated rings. The van der Waals surface area contributed by atoms with Gasteiger partial charge in [-0.1, -0.05) is 23.7 Å². The Hall–Kier alpha value is -2.83. The van der Waals surface area contributed by atoms with Crippen LogP contribution in [0.4, 0.5) is 24.7 Å². The van der Waals surface area contributed by atoms with Gasteiger partial charge in [0.2, 0.25) is 0 Å². The van der Waals surface area contributed by atoms with Crippen molar-refractivity contribution in [1.82, 2.24) is 14.6 Å². The van der Waals surface area contributed by atoms with Gasteiger partial charge in [-0.2, -0.15) is 13.2 Å². The van der Waals surface area contributed by atoms with Crippen molar-refractivity contribution in [2.75, 3.05) is 49.5 Å². The monoisotopic (exact) mass is 578 g/mol. The number of anilines is 2. The van der Waals surface area contributed by atoms with Gasteiger partial charge in [-0.05, 0) is 85.6 Å². The van der Waals surface area contributed by atoms with E-state index in [9.17, 15) is 18.0 Å². The summed E-state index contributed by atoms with van der Waals surface area (Å²) in [4.78, 5) is 19.6. The molecule has 208 valence electrons. The van der Waals surface area contributed by atoms with Gasteiger partial charge in [0, 0.05) is 48.9 Å². The maximum atomic E-state index is 13.1. The first-order valence-corrected chi connectivity index (χ1v) is 13.7. The average Bonchev–Trinajstić information content (AvgIpc) is 2.92. The van der Waals surface area contributed by atoms with Gasteiger partial charge in [-0.3, -0.25) is 4.79 Å². The van der Waals surface area contributed by atoms with Gasteiger partial charge in [0.25, 0.3) is 5.91 Å². The summed E-state index contributed by atoms with van der Waals surface area (Å²) in [5.74, 6) is 0.0478. The van der Waals surface area contributed by atoms with Crippen molar-refractivity contribution in [2.45, 2.75) is 24.0 Å². The Bertz CT molecular complexity index is 1250. The highest BCUT2D eigenvalue weighted by Crippen LogP contribution is 2.33. The van der Waals surface area contributed by atoms with Crippen LogP contribution in [0.5, 0.6) is 0 Å². The molecule has 1 amide bonds. The molecule has 1 aliphatic rings. The van der Waals surface area contributed by atoms with Gasteiger partial charge in [-0.15, -0.1) is 0 Å². The van der Waals surface area contributed by atoms with Crippen LogP contribution in [0, 0.1) is 0 Å². The molecule has 1 saturated heterocycles. The second-order valence-electron chi connectivity index (χ2n) is 9.04. The van der Waals surface area contributed by atoms with E-state index in [0.717, 1.165) is 35.6 Å². The van der Waals surface area contributed by atoms with E-state index in [0.29, 0.717) is 50.5 Å². The molecule has 7 nitrogen and oxygen atoms in total. The minimum absolute atomic E-state index is 0.174. The largest absolute Gasteiger partial charge is 0.416 e. The number of halogens is 4. The molecular formula is C27H30ClF3N6OS. The predicted molar refractivity (Wildman–Crippen MR) is 150 cm³/mol. The Morgan fingerprint density at radius 3 is 2.49 bits per heavy atom. The Morgan fingerprint density at radius 1 is 1.05 bits per heavy atom. The molecule has 0 unspecified atom stereocenters. The van der Waals surface area contributed by atoms with E-state index in [1.54, 1.807) is 18.0 Å². The van der Waals surface area contributed by atoms with Crippen LogP contribution in [-0.2, 0) is 12.7 Å². The molecule has 12 heteroatoms. The maximum absolute atomic E-state index is 13.1. The van der Waals surface area contributed by atoms with Crippen molar-refractivity contribution in [1.29, 1.82) is 0 Å². The van der Waals surface area contributed by atoms with Crippen molar-refractivity contribution in [3.63, 3.8) is 0 Å². The van der Waals surface area contributed by atoms with Crippen LogP contribution < -0.4 is 21.3 Å². The third-order valence-corrected chi connectivity index (χ3v) is 7.39. The number of amides is 1. The number of benzene rings is 2. The smallest absolute Gasteiger partial charge is 0.354 e. The molecular weight excluding hydrogens is 549 g/mol.